The third kappa shape index (κ3) is 18.9. The Bertz CT molecular complexity index is 307. The first-order valence-electron chi connectivity index (χ1n) is 13.2. The fraction of sp³-hybridized carbons (Fsp3) is 1.00. The Balaban J connectivity index is -0.000000112. The Morgan fingerprint density at radius 2 is 0.606 bits per heavy atom. The maximum absolute atomic E-state index is 10.4. The van der Waals surface area contributed by atoms with Gasteiger partial charge in [-0.1, -0.05) is 110 Å². The Morgan fingerprint density at radius 1 is 0.455 bits per heavy atom. The molecule has 0 aliphatic carbocycles. The number of rotatable bonds is 10. The summed E-state index contributed by atoms with van der Waals surface area (Å²) in [6, 6.07) is 0. The van der Waals surface area contributed by atoms with Gasteiger partial charge in [0.25, 0.3) is 0 Å². The molecule has 0 heterocycles. The van der Waals surface area contributed by atoms with E-state index < -0.39 is 16.6 Å². The molecule has 0 saturated heterocycles. The van der Waals surface area contributed by atoms with Gasteiger partial charge in [0.05, 0.1) is 0 Å². The molecule has 33 heavy (non-hydrogen) atoms. The van der Waals surface area contributed by atoms with Crippen LogP contribution in [0.1, 0.15) is 123 Å². The molecule has 0 aromatic rings. The second kappa shape index (κ2) is 24.7. The molecule has 0 saturated carbocycles. The maximum atomic E-state index is 10.4. The predicted octanol–water partition coefficient (Wildman–Crippen LogP) is 7.86. The molecule has 204 valence electrons. The van der Waals surface area contributed by atoms with Gasteiger partial charge in [0.1, 0.15) is 0 Å². The molecule has 0 spiro atoms. The summed E-state index contributed by atoms with van der Waals surface area (Å²) >= 11 is 0. The monoisotopic (exact) mass is 544 g/mol. The standard InChI is InChI=1S/2C9H22OSi.2C4H10O.Ti/c2*1-7(2)11(10,8(3)4)9(5)6;2*1-2-3-4-5;/h2*7-10H,1-6H3;2*5H,2-4H2,1H3;. The van der Waals surface area contributed by atoms with Crippen molar-refractivity contribution < 1.29 is 41.5 Å². The molecule has 0 atom stereocenters. The molecule has 0 radical (unpaired) electrons. The van der Waals surface area contributed by atoms with Gasteiger partial charge in [-0.15, -0.1) is 0 Å². The van der Waals surface area contributed by atoms with Gasteiger partial charge in [-0.2, -0.15) is 0 Å². The van der Waals surface area contributed by atoms with Crippen molar-refractivity contribution in [1.29, 1.82) is 0 Å². The minimum absolute atomic E-state index is 0. The first-order chi connectivity index (χ1) is 14.5. The van der Waals surface area contributed by atoms with Crippen molar-refractivity contribution in [2.75, 3.05) is 13.2 Å². The van der Waals surface area contributed by atoms with E-state index in [0.717, 1.165) is 25.7 Å². The molecule has 0 aromatic heterocycles. The van der Waals surface area contributed by atoms with Crippen LogP contribution in [0.4, 0.5) is 0 Å². The Hall–Kier alpha value is 0.988. The van der Waals surface area contributed by atoms with Crippen LogP contribution in [-0.2, 0) is 21.7 Å². The van der Waals surface area contributed by atoms with Crippen LogP contribution in [0.5, 0.6) is 0 Å². The minimum atomic E-state index is -1.98. The van der Waals surface area contributed by atoms with Crippen LogP contribution in [0.25, 0.3) is 0 Å². The maximum Gasteiger partial charge on any atom is 0.196 e. The van der Waals surface area contributed by atoms with E-state index in [0.29, 0.717) is 46.5 Å². The van der Waals surface area contributed by atoms with Gasteiger partial charge >= 0.3 is 0 Å². The largest absolute Gasteiger partial charge is 0.431 e. The zero-order chi connectivity index (χ0) is 26.7. The molecular weight excluding hydrogens is 480 g/mol. The van der Waals surface area contributed by atoms with E-state index in [1.165, 1.54) is 0 Å². The van der Waals surface area contributed by atoms with E-state index in [4.69, 9.17) is 10.2 Å². The van der Waals surface area contributed by atoms with Crippen molar-refractivity contribution in [2.45, 2.75) is 156 Å². The molecule has 4 N–H and O–H groups in total. The fourth-order valence-corrected chi connectivity index (χ4v) is 12.3. The summed E-state index contributed by atoms with van der Waals surface area (Å²) in [5.41, 5.74) is 2.85. The molecule has 0 amide bonds. The molecule has 4 nitrogen and oxygen atoms in total. The van der Waals surface area contributed by atoms with Crippen molar-refractivity contribution in [3.05, 3.63) is 0 Å². The van der Waals surface area contributed by atoms with Gasteiger partial charge in [-0.3, -0.25) is 0 Å². The summed E-state index contributed by atoms with van der Waals surface area (Å²) in [4.78, 5) is 20.8. The van der Waals surface area contributed by atoms with Gasteiger partial charge in [0, 0.05) is 34.9 Å². The normalized spacial score (nSPS) is 11.6. The average Bonchev–Trinajstić information content (AvgIpc) is 2.68. The molecule has 7 heteroatoms. The number of hydrogen-bond donors (Lipinski definition) is 4. The number of unbranched alkanes of at least 4 members (excludes halogenated alkanes) is 2. The molecule has 0 bridgehead atoms. The molecule has 0 aromatic carbocycles. The average molecular weight is 545 g/mol. The summed E-state index contributed by atoms with van der Waals surface area (Å²) in [5, 5.41) is 16.1. The summed E-state index contributed by atoms with van der Waals surface area (Å²) < 4.78 is 0. The van der Waals surface area contributed by atoms with Gasteiger partial charge in [-0.25, -0.2) is 0 Å². The van der Waals surface area contributed by atoms with Crippen LogP contribution in [0.3, 0.4) is 0 Å². The molecule has 0 aliphatic rings. The van der Waals surface area contributed by atoms with Crippen molar-refractivity contribution in [3.8, 4) is 0 Å². The summed E-state index contributed by atoms with van der Waals surface area (Å²) in [5.74, 6) is 0. The van der Waals surface area contributed by atoms with E-state index in [-0.39, 0.29) is 21.7 Å². The van der Waals surface area contributed by atoms with Crippen molar-refractivity contribution >= 4 is 16.6 Å². The smallest absolute Gasteiger partial charge is 0.196 e. The molecular formula is C26H64O4Si2Ti. The third-order valence-corrected chi connectivity index (χ3v) is 17.7. The van der Waals surface area contributed by atoms with Crippen LogP contribution in [-0.4, -0.2) is 49.7 Å². The van der Waals surface area contributed by atoms with E-state index in [1.807, 2.05) is 0 Å². The van der Waals surface area contributed by atoms with Gasteiger partial charge in [0.2, 0.25) is 0 Å². The second-order valence-electron chi connectivity index (χ2n) is 10.9. The van der Waals surface area contributed by atoms with Crippen molar-refractivity contribution in [2.24, 2.45) is 0 Å². The van der Waals surface area contributed by atoms with Crippen LogP contribution < -0.4 is 0 Å². The van der Waals surface area contributed by atoms with Crippen LogP contribution >= 0.6 is 0 Å². The van der Waals surface area contributed by atoms with Crippen molar-refractivity contribution in [3.63, 3.8) is 0 Å². The van der Waals surface area contributed by atoms with Crippen LogP contribution in [0, 0.1) is 0 Å². The SMILES string of the molecule is CC(C)[Si](O)(C(C)C)C(C)C.CC(C)[Si](O)(C(C)C)C(C)C.CCCCO.CCCCO.[Ti]. The number of hydrogen-bond acceptors (Lipinski definition) is 4. The quantitative estimate of drug-likeness (QED) is 0.211. The van der Waals surface area contributed by atoms with E-state index >= 15 is 0 Å². The Morgan fingerprint density at radius 3 is 0.606 bits per heavy atom. The number of aliphatic hydroxyl groups is 2. The number of aliphatic hydroxyl groups excluding tert-OH is 2. The van der Waals surface area contributed by atoms with E-state index in [9.17, 15) is 9.59 Å². The van der Waals surface area contributed by atoms with Gasteiger partial charge in [-0.05, 0) is 46.1 Å². The van der Waals surface area contributed by atoms with E-state index in [2.05, 4.69) is 96.9 Å². The van der Waals surface area contributed by atoms with Crippen LogP contribution in [0.2, 0.25) is 33.2 Å². The molecule has 0 aliphatic heterocycles. The van der Waals surface area contributed by atoms with E-state index in [1.54, 1.807) is 0 Å². The van der Waals surface area contributed by atoms with Crippen molar-refractivity contribution in [1.82, 2.24) is 0 Å². The summed E-state index contributed by atoms with van der Waals surface area (Å²) in [6.45, 7) is 30.5. The summed E-state index contributed by atoms with van der Waals surface area (Å²) in [6.07, 6.45) is 4.08. The zero-order valence-electron chi connectivity index (χ0n) is 25.0. The predicted molar refractivity (Wildman–Crippen MR) is 151 cm³/mol. The molecule has 0 unspecified atom stereocenters. The fourth-order valence-electron chi connectivity index (χ4n) is 4.32. The summed E-state index contributed by atoms with van der Waals surface area (Å²) in [7, 11) is -3.96. The first kappa shape index (κ1) is 44.0. The van der Waals surface area contributed by atoms with Gasteiger partial charge < -0.3 is 19.8 Å². The van der Waals surface area contributed by atoms with Gasteiger partial charge in [0.15, 0.2) is 16.6 Å². The molecule has 0 fully saturated rings. The van der Waals surface area contributed by atoms with Crippen LogP contribution in [0.15, 0.2) is 0 Å². The minimum Gasteiger partial charge on any atom is -0.431 e. The third-order valence-electron chi connectivity index (χ3n) is 6.57. The zero-order valence-corrected chi connectivity index (χ0v) is 28.6. The topological polar surface area (TPSA) is 80.9 Å². The molecule has 0 rings (SSSR count). The Kier molecular flexibility index (Phi) is 32.9. The second-order valence-corrected chi connectivity index (χ2v) is 21.3. The first-order valence-corrected chi connectivity index (χ1v) is 17.5. The Labute approximate surface area is 226 Å².